The van der Waals surface area contributed by atoms with Crippen LogP contribution in [0.2, 0.25) is 0 Å². The van der Waals surface area contributed by atoms with Gasteiger partial charge in [0.25, 0.3) is 5.91 Å². The topological polar surface area (TPSA) is 85.9 Å². The number of carbonyl (C=O) groups excluding carboxylic acids is 1. The first-order chi connectivity index (χ1) is 13.2. The van der Waals surface area contributed by atoms with Crippen molar-refractivity contribution in [1.82, 2.24) is 5.48 Å². The molecule has 2 atom stereocenters. The normalized spacial score (nSPS) is 22.5. The van der Waals surface area contributed by atoms with Crippen LogP contribution >= 0.6 is 0 Å². The molecule has 9 heteroatoms. The molecular formula is C19H18F3N3O3. The number of benzene rings is 2. The Morgan fingerprint density at radius 2 is 1.96 bits per heavy atom. The Labute approximate surface area is 159 Å². The number of hydrogen-bond acceptors (Lipinski definition) is 5. The lowest BCUT2D eigenvalue weighted by Crippen LogP contribution is -2.63. The van der Waals surface area contributed by atoms with Gasteiger partial charge in [0.2, 0.25) is 0 Å². The number of amides is 1. The second-order valence-electron chi connectivity index (χ2n) is 6.29. The van der Waals surface area contributed by atoms with Crippen LogP contribution in [0.1, 0.15) is 29.2 Å². The van der Waals surface area contributed by atoms with Crippen molar-refractivity contribution in [1.29, 1.82) is 0 Å². The Balaban J connectivity index is 2.23. The number of hydrogen-bond donors (Lipinski definition) is 2. The summed E-state index contributed by atoms with van der Waals surface area (Å²) in [6.07, 6.45) is -4.51. The van der Waals surface area contributed by atoms with Gasteiger partial charge in [-0.2, -0.15) is 18.7 Å². The second-order valence-corrected chi connectivity index (χ2v) is 6.29. The number of halogens is 3. The molecule has 3 N–H and O–H groups in total. The maximum atomic E-state index is 13.2. The average molecular weight is 393 g/mol. The number of carbonyl (C=O) groups is 1. The first-order valence-corrected chi connectivity index (χ1v) is 8.34. The number of nitrogens with zero attached hydrogens (tertiary/aromatic N) is 1. The Kier molecular flexibility index (Phi) is 5.14. The molecule has 0 radical (unpaired) electrons. The minimum Gasteiger partial charge on any atom is -0.398 e. The largest absolute Gasteiger partial charge is 0.416 e. The summed E-state index contributed by atoms with van der Waals surface area (Å²) < 4.78 is 39.7. The fraction of sp³-hybridized carbons (Fsp3) is 0.263. The molecule has 0 aromatic heterocycles. The molecule has 1 heterocycles. The minimum atomic E-state index is -4.51. The molecule has 1 aliphatic heterocycles. The van der Waals surface area contributed by atoms with Crippen LogP contribution in [0.3, 0.4) is 0 Å². The van der Waals surface area contributed by atoms with E-state index in [1.807, 2.05) is 0 Å². The van der Waals surface area contributed by atoms with Gasteiger partial charge in [0.15, 0.2) is 11.3 Å². The number of primary amides is 1. The predicted octanol–water partition coefficient (Wildman–Crippen LogP) is 2.71. The first kappa shape index (κ1) is 19.8. The molecule has 6 nitrogen and oxygen atoms in total. The summed E-state index contributed by atoms with van der Waals surface area (Å²) in [4.78, 5) is 22.3. The van der Waals surface area contributed by atoms with Gasteiger partial charge in [0, 0.05) is 11.1 Å². The lowest BCUT2D eigenvalue weighted by Gasteiger charge is -2.49. The molecule has 2 unspecified atom stereocenters. The van der Waals surface area contributed by atoms with Gasteiger partial charge in [0.05, 0.1) is 11.6 Å². The van der Waals surface area contributed by atoms with Crippen molar-refractivity contribution < 1.29 is 27.6 Å². The van der Waals surface area contributed by atoms with Crippen molar-refractivity contribution in [3.63, 3.8) is 0 Å². The molecule has 2 aromatic rings. The maximum absolute atomic E-state index is 13.2. The quantitative estimate of drug-likeness (QED) is 0.604. The Morgan fingerprint density at radius 1 is 1.25 bits per heavy atom. The van der Waals surface area contributed by atoms with Crippen LogP contribution in [0.15, 0.2) is 53.7 Å². The van der Waals surface area contributed by atoms with E-state index in [2.05, 4.69) is 10.6 Å². The smallest absolute Gasteiger partial charge is 0.398 e. The van der Waals surface area contributed by atoms with Crippen molar-refractivity contribution in [2.75, 3.05) is 7.11 Å². The van der Waals surface area contributed by atoms with Gasteiger partial charge in [-0.05, 0) is 24.6 Å². The monoisotopic (exact) mass is 393 g/mol. The summed E-state index contributed by atoms with van der Waals surface area (Å²) in [5.74, 6) is -0.839. The number of rotatable bonds is 5. The average Bonchev–Trinajstić information content (AvgIpc) is 2.65. The Morgan fingerprint density at radius 3 is 2.50 bits per heavy atom. The van der Waals surface area contributed by atoms with Crippen LogP contribution in [-0.2, 0) is 26.2 Å². The fourth-order valence-corrected chi connectivity index (χ4v) is 3.31. The van der Waals surface area contributed by atoms with E-state index in [0.29, 0.717) is 11.1 Å². The van der Waals surface area contributed by atoms with Crippen molar-refractivity contribution in [2.45, 2.75) is 24.7 Å². The van der Waals surface area contributed by atoms with Crippen LogP contribution in [0.4, 0.5) is 13.2 Å². The van der Waals surface area contributed by atoms with E-state index >= 15 is 0 Å². The van der Waals surface area contributed by atoms with Crippen molar-refractivity contribution >= 4 is 11.6 Å². The highest BCUT2D eigenvalue weighted by molar-refractivity contribution is 6.45. The predicted molar refractivity (Wildman–Crippen MR) is 95.1 cm³/mol. The summed E-state index contributed by atoms with van der Waals surface area (Å²) in [6.45, 7) is 1.76. The van der Waals surface area contributed by atoms with Crippen LogP contribution < -0.4 is 11.2 Å². The molecule has 0 aliphatic carbocycles. The fourth-order valence-electron chi connectivity index (χ4n) is 3.31. The first-order valence-electron chi connectivity index (χ1n) is 8.34. The van der Waals surface area contributed by atoms with E-state index < -0.39 is 29.3 Å². The molecule has 0 saturated carbocycles. The summed E-state index contributed by atoms with van der Waals surface area (Å²) in [7, 11) is 1.26. The zero-order valence-electron chi connectivity index (χ0n) is 15.1. The van der Waals surface area contributed by atoms with Crippen LogP contribution in [0, 0.1) is 0 Å². The SMILES string of the molecule is CO/N=C(/C(N)=O)c1ccccc1C1(c2cccc(C(F)(F)F)c2)ONC1C. The summed E-state index contributed by atoms with van der Waals surface area (Å²) in [5, 5.41) is 3.69. The van der Waals surface area contributed by atoms with Crippen LogP contribution in [-0.4, -0.2) is 24.8 Å². The Hall–Kier alpha value is -2.91. The molecule has 148 valence electrons. The third kappa shape index (κ3) is 3.23. The molecule has 1 saturated heterocycles. The van der Waals surface area contributed by atoms with Crippen LogP contribution in [0.5, 0.6) is 0 Å². The number of alkyl halides is 3. The Bertz CT molecular complexity index is 930. The molecule has 0 bridgehead atoms. The van der Waals surface area contributed by atoms with Gasteiger partial charge in [-0.25, -0.2) is 0 Å². The molecule has 3 rings (SSSR count). The third-order valence-corrected chi connectivity index (χ3v) is 4.62. The lowest BCUT2D eigenvalue weighted by molar-refractivity contribution is -0.225. The maximum Gasteiger partial charge on any atom is 0.416 e. The third-order valence-electron chi connectivity index (χ3n) is 4.62. The molecular weight excluding hydrogens is 375 g/mol. The highest BCUT2D eigenvalue weighted by Gasteiger charge is 2.51. The molecule has 28 heavy (non-hydrogen) atoms. The van der Waals surface area contributed by atoms with Crippen molar-refractivity contribution in [3.05, 3.63) is 70.8 Å². The van der Waals surface area contributed by atoms with E-state index in [0.717, 1.165) is 12.1 Å². The van der Waals surface area contributed by atoms with Crippen LogP contribution in [0.25, 0.3) is 0 Å². The minimum absolute atomic E-state index is 0.160. The number of oxime groups is 1. The molecule has 1 amide bonds. The number of nitrogens with one attached hydrogen (secondary N) is 1. The van der Waals surface area contributed by atoms with E-state index in [-0.39, 0.29) is 11.3 Å². The molecule has 1 fully saturated rings. The van der Waals surface area contributed by atoms with E-state index in [9.17, 15) is 18.0 Å². The summed E-state index contributed by atoms with van der Waals surface area (Å²) >= 11 is 0. The number of nitrogens with two attached hydrogens (primary N) is 1. The zero-order chi connectivity index (χ0) is 20.5. The number of hydroxylamine groups is 1. The molecule has 1 aliphatic rings. The van der Waals surface area contributed by atoms with Gasteiger partial charge in [-0.3, -0.25) is 9.63 Å². The van der Waals surface area contributed by atoms with E-state index in [4.69, 9.17) is 15.4 Å². The van der Waals surface area contributed by atoms with Gasteiger partial charge >= 0.3 is 6.18 Å². The second kappa shape index (κ2) is 7.25. The summed E-state index contributed by atoms with van der Waals surface area (Å²) in [5.41, 5.74) is 6.93. The van der Waals surface area contributed by atoms with Gasteiger partial charge in [-0.15, -0.1) is 0 Å². The van der Waals surface area contributed by atoms with Gasteiger partial charge in [-0.1, -0.05) is 41.6 Å². The van der Waals surface area contributed by atoms with Gasteiger partial charge in [0.1, 0.15) is 7.11 Å². The standard InChI is InChI=1S/C19H18F3N3O3/c1-11-18(28-24-11,12-6-5-7-13(10-12)19(20,21)22)15-9-4-3-8-14(15)16(17(23)26)25-27-2/h3-11,24H,1-2H3,(H2,23,26)/b25-16+. The van der Waals surface area contributed by atoms with Crippen molar-refractivity contribution in [2.24, 2.45) is 10.9 Å². The van der Waals surface area contributed by atoms with E-state index in [1.54, 1.807) is 37.3 Å². The van der Waals surface area contributed by atoms with Crippen molar-refractivity contribution in [3.8, 4) is 0 Å². The van der Waals surface area contributed by atoms with Gasteiger partial charge < -0.3 is 10.6 Å². The summed E-state index contributed by atoms with van der Waals surface area (Å²) in [6, 6.07) is 11.1. The highest BCUT2D eigenvalue weighted by atomic mass is 19.4. The molecule has 0 spiro atoms. The molecule has 2 aromatic carbocycles. The van der Waals surface area contributed by atoms with E-state index in [1.165, 1.54) is 13.2 Å². The lowest BCUT2D eigenvalue weighted by atomic mass is 9.76. The zero-order valence-corrected chi connectivity index (χ0v) is 15.1. The highest BCUT2D eigenvalue weighted by Crippen LogP contribution is 2.45.